The first-order valence-electron chi connectivity index (χ1n) is 11.9. The topological polar surface area (TPSA) is 69.6 Å². The van der Waals surface area contributed by atoms with Gasteiger partial charge in [0.1, 0.15) is 12.4 Å². The lowest BCUT2D eigenvalue weighted by atomic mass is 10.1. The van der Waals surface area contributed by atoms with Crippen molar-refractivity contribution < 1.29 is 14.0 Å². The average molecular weight is 476 g/mol. The van der Waals surface area contributed by atoms with Crippen LogP contribution in [0.2, 0.25) is 0 Å². The largest absolute Gasteiger partial charge is 0.352 e. The standard InChI is InChI=1S/C27H30FN5O2/c1-3-20(2)33(27(35)22-10-7-11-23(28)18-22)19-26(34)32-16-14-31(15-17-32)25-13-12-24(29-30-25)21-8-5-4-6-9-21/h4-13,18,20H,3,14-17,19H2,1-2H3/t20-/m1/s1. The maximum Gasteiger partial charge on any atom is 0.254 e. The maximum absolute atomic E-state index is 13.7. The van der Waals surface area contributed by atoms with Crippen molar-refractivity contribution in [2.45, 2.75) is 26.3 Å². The molecular formula is C27H30FN5O2. The van der Waals surface area contributed by atoms with E-state index in [2.05, 4.69) is 15.1 Å². The molecule has 8 heteroatoms. The third-order valence-corrected chi connectivity index (χ3v) is 6.44. The van der Waals surface area contributed by atoms with Crippen LogP contribution in [-0.4, -0.2) is 70.6 Å². The smallest absolute Gasteiger partial charge is 0.254 e. The Bertz CT molecular complexity index is 1150. The van der Waals surface area contributed by atoms with E-state index in [0.29, 0.717) is 32.6 Å². The molecule has 35 heavy (non-hydrogen) atoms. The molecule has 2 aromatic carbocycles. The molecule has 1 aliphatic rings. The number of rotatable bonds is 7. The number of amides is 2. The summed E-state index contributed by atoms with van der Waals surface area (Å²) in [7, 11) is 0. The van der Waals surface area contributed by atoms with E-state index in [9.17, 15) is 14.0 Å². The van der Waals surface area contributed by atoms with Gasteiger partial charge in [0.05, 0.1) is 5.69 Å². The average Bonchev–Trinajstić information content (AvgIpc) is 2.91. The van der Waals surface area contributed by atoms with Crippen LogP contribution in [0, 0.1) is 5.82 Å². The highest BCUT2D eigenvalue weighted by atomic mass is 19.1. The molecule has 1 saturated heterocycles. The van der Waals surface area contributed by atoms with Crippen LogP contribution in [0.15, 0.2) is 66.7 Å². The minimum absolute atomic E-state index is 0.0318. The van der Waals surface area contributed by atoms with E-state index in [-0.39, 0.29) is 30.0 Å². The summed E-state index contributed by atoms with van der Waals surface area (Å²) in [6.45, 7) is 6.16. The van der Waals surface area contributed by atoms with E-state index in [1.54, 1.807) is 11.0 Å². The second-order valence-electron chi connectivity index (χ2n) is 8.71. The van der Waals surface area contributed by atoms with E-state index < -0.39 is 5.82 Å². The van der Waals surface area contributed by atoms with Gasteiger partial charge in [0.25, 0.3) is 5.91 Å². The van der Waals surface area contributed by atoms with E-state index in [4.69, 9.17) is 0 Å². The summed E-state index contributed by atoms with van der Waals surface area (Å²) in [5.41, 5.74) is 2.08. The SMILES string of the molecule is CC[C@@H](C)N(CC(=O)N1CCN(c2ccc(-c3ccccc3)nn2)CC1)C(=O)c1cccc(F)c1. The quantitative estimate of drug-likeness (QED) is 0.519. The Balaban J connectivity index is 1.36. The lowest BCUT2D eigenvalue weighted by Gasteiger charge is -2.37. The number of piperazine rings is 1. The van der Waals surface area contributed by atoms with Gasteiger partial charge in [-0.25, -0.2) is 4.39 Å². The highest BCUT2D eigenvalue weighted by Gasteiger charge is 2.28. The normalized spacial score (nSPS) is 14.5. The van der Waals surface area contributed by atoms with Crippen LogP contribution in [0.25, 0.3) is 11.3 Å². The third kappa shape index (κ3) is 5.82. The fourth-order valence-corrected chi connectivity index (χ4v) is 4.12. The Kier molecular flexibility index (Phi) is 7.70. The third-order valence-electron chi connectivity index (χ3n) is 6.44. The first-order valence-corrected chi connectivity index (χ1v) is 11.9. The van der Waals surface area contributed by atoms with Crippen LogP contribution in [-0.2, 0) is 4.79 Å². The van der Waals surface area contributed by atoms with Crippen LogP contribution in [0.5, 0.6) is 0 Å². The molecule has 182 valence electrons. The molecule has 3 aromatic rings. The van der Waals surface area contributed by atoms with Gasteiger partial charge < -0.3 is 14.7 Å². The summed E-state index contributed by atoms with van der Waals surface area (Å²) in [6.07, 6.45) is 0.694. The molecule has 0 N–H and O–H groups in total. The van der Waals surface area contributed by atoms with Crippen molar-refractivity contribution in [3.8, 4) is 11.3 Å². The number of carbonyl (C=O) groups is 2. The lowest BCUT2D eigenvalue weighted by Crippen LogP contribution is -2.53. The van der Waals surface area contributed by atoms with Crippen molar-refractivity contribution in [3.63, 3.8) is 0 Å². The number of halogens is 1. The van der Waals surface area contributed by atoms with Crippen molar-refractivity contribution in [1.29, 1.82) is 0 Å². The number of nitrogens with zero attached hydrogens (tertiary/aromatic N) is 5. The van der Waals surface area contributed by atoms with Gasteiger partial charge in [-0.15, -0.1) is 10.2 Å². The molecule has 7 nitrogen and oxygen atoms in total. The Morgan fingerprint density at radius 3 is 2.34 bits per heavy atom. The molecule has 0 spiro atoms. The number of hydrogen-bond acceptors (Lipinski definition) is 5. The lowest BCUT2D eigenvalue weighted by molar-refractivity contribution is -0.132. The van der Waals surface area contributed by atoms with Crippen molar-refractivity contribution in [1.82, 2.24) is 20.0 Å². The van der Waals surface area contributed by atoms with E-state index in [1.807, 2.05) is 56.3 Å². The zero-order chi connectivity index (χ0) is 24.8. The van der Waals surface area contributed by atoms with Crippen LogP contribution in [0.1, 0.15) is 30.6 Å². The molecule has 1 atom stereocenters. The first-order chi connectivity index (χ1) is 17.0. The van der Waals surface area contributed by atoms with Crippen LogP contribution < -0.4 is 4.90 Å². The minimum atomic E-state index is -0.470. The zero-order valence-electron chi connectivity index (χ0n) is 20.1. The highest BCUT2D eigenvalue weighted by Crippen LogP contribution is 2.19. The van der Waals surface area contributed by atoms with Gasteiger partial charge in [0, 0.05) is 43.3 Å². The molecule has 2 amide bonds. The number of benzene rings is 2. The van der Waals surface area contributed by atoms with Crippen LogP contribution >= 0.6 is 0 Å². The van der Waals surface area contributed by atoms with E-state index >= 15 is 0 Å². The Hall–Kier alpha value is -3.81. The van der Waals surface area contributed by atoms with Crippen LogP contribution in [0.4, 0.5) is 10.2 Å². The number of hydrogen-bond donors (Lipinski definition) is 0. The van der Waals surface area contributed by atoms with Crippen molar-refractivity contribution in [3.05, 3.63) is 78.1 Å². The highest BCUT2D eigenvalue weighted by molar-refractivity contribution is 5.96. The summed E-state index contributed by atoms with van der Waals surface area (Å²) in [6, 6.07) is 19.3. The van der Waals surface area contributed by atoms with Gasteiger partial charge in [-0.1, -0.05) is 43.3 Å². The van der Waals surface area contributed by atoms with Gasteiger partial charge >= 0.3 is 0 Å². The fraction of sp³-hybridized carbons (Fsp3) is 0.333. The van der Waals surface area contributed by atoms with Gasteiger partial charge in [0.2, 0.25) is 5.91 Å². The number of aromatic nitrogens is 2. The van der Waals surface area contributed by atoms with E-state index in [1.165, 1.54) is 23.1 Å². The number of anilines is 1. The molecule has 1 aliphatic heterocycles. The summed E-state index contributed by atoms with van der Waals surface area (Å²) in [4.78, 5) is 31.6. The molecule has 0 bridgehead atoms. The van der Waals surface area contributed by atoms with E-state index in [0.717, 1.165) is 17.1 Å². The van der Waals surface area contributed by atoms with Crippen molar-refractivity contribution in [2.24, 2.45) is 0 Å². The molecule has 0 aliphatic carbocycles. The van der Waals surface area contributed by atoms with Crippen molar-refractivity contribution in [2.75, 3.05) is 37.6 Å². The van der Waals surface area contributed by atoms with Crippen molar-refractivity contribution >= 4 is 17.6 Å². The molecule has 0 saturated carbocycles. The second kappa shape index (κ2) is 11.1. The minimum Gasteiger partial charge on any atom is -0.352 e. The fourth-order valence-electron chi connectivity index (χ4n) is 4.12. The summed E-state index contributed by atoms with van der Waals surface area (Å²) in [5, 5.41) is 8.74. The summed E-state index contributed by atoms with van der Waals surface area (Å²) in [5.74, 6) is -0.138. The summed E-state index contributed by atoms with van der Waals surface area (Å²) < 4.78 is 13.7. The van der Waals surface area contributed by atoms with Crippen LogP contribution in [0.3, 0.4) is 0 Å². The van der Waals surface area contributed by atoms with Gasteiger partial charge in [-0.3, -0.25) is 9.59 Å². The van der Waals surface area contributed by atoms with Gasteiger partial charge in [0.15, 0.2) is 5.82 Å². The van der Waals surface area contributed by atoms with Gasteiger partial charge in [-0.2, -0.15) is 0 Å². The maximum atomic E-state index is 13.7. The summed E-state index contributed by atoms with van der Waals surface area (Å²) >= 11 is 0. The molecule has 1 fully saturated rings. The Labute approximate surface area is 205 Å². The molecule has 0 unspecified atom stereocenters. The molecule has 2 heterocycles. The molecule has 1 aromatic heterocycles. The molecular weight excluding hydrogens is 445 g/mol. The second-order valence-corrected chi connectivity index (χ2v) is 8.71. The zero-order valence-corrected chi connectivity index (χ0v) is 20.1. The first kappa shape index (κ1) is 24.3. The predicted octanol–water partition coefficient (Wildman–Crippen LogP) is 3.87. The number of carbonyl (C=O) groups excluding carboxylic acids is 2. The Morgan fingerprint density at radius 2 is 1.71 bits per heavy atom. The molecule has 0 radical (unpaired) electrons. The Morgan fingerprint density at radius 1 is 0.971 bits per heavy atom. The predicted molar refractivity (Wildman–Crippen MR) is 133 cm³/mol. The molecule has 4 rings (SSSR count). The monoisotopic (exact) mass is 475 g/mol. The van der Waals surface area contributed by atoms with Gasteiger partial charge in [-0.05, 0) is 43.7 Å².